The van der Waals surface area contributed by atoms with Crippen molar-refractivity contribution < 1.29 is 9.90 Å². The third-order valence-corrected chi connectivity index (χ3v) is 5.31. The summed E-state index contributed by atoms with van der Waals surface area (Å²) >= 11 is 1.53. The van der Waals surface area contributed by atoms with Gasteiger partial charge in [0, 0.05) is 24.3 Å². The van der Waals surface area contributed by atoms with Crippen molar-refractivity contribution in [2.24, 2.45) is 5.92 Å². The Morgan fingerprint density at radius 1 is 1.26 bits per heavy atom. The maximum Gasteiger partial charge on any atom is 0.270 e. The summed E-state index contributed by atoms with van der Waals surface area (Å²) in [5, 5.41) is 15.5. The lowest BCUT2D eigenvalue weighted by Crippen LogP contribution is -2.32. The van der Waals surface area contributed by atoms with Crippen LogP contribution in [0.2, 0.25) is 0 Å². The number of carbonyl (C=O) groups excluding carboxylic acids is 1. The fraction of sp³-hybridized carbons (Fsp3) is 0.444. The van der Waals surface area contributed by atoms with Gasteiger partial charge in [-0.25, -0.2) is 4.98 Å². The van der Waals surface area contributed by atoms with Crippen molar-refractivity contribution in [3.63, 3.8) is 0 Å². The minimum atomic E-state index is -0.271. The number of benzene rings is 1. The Morgan fingerprint density at radius 3 is 2.83 bits per heavy atom. The van der Waals surface area contributed by atoms with Crippen molar-refractivity contribution in [3.05, 3.63) is 52.0 Å². The SMILES string of the molecule is O=C(NCC1CCCC1O)c1csc(CCc2ccccc2)n1. The van der Waals surface area contributed by atoms with E-state index >= 15 is 0 Å². The number of aromatic nitrogens is 1. The Balaban J connectivity index is 1.49. The lowest BCUT2D eigenvalue weighted by atomic mass is 10.1. The van der Waals surface area contributed by atoms with Crippen LogP contribution in [0.3, 0.4) is 0 Å². The average Bonchev–Trinajstić information content (AvgIpc) is 3.21. The number of aliphatic hydroxyl groups is 1. The lowest BCUT2D eigenvalue weighted by Gasteiger charge is -2.14. The molecule has 2 unspecified atom stereocenters. The maximum absolute atomic E-state index is 12.1. The third-order valence-electron chi connectivity index (χ3n) is 4.40. The predicted molar refractivity (Wildman–Crippen MR) is 91.6 cm³/mol. The summed E-state index contributed by atoms with van der Waals surface area (Å²) in [6, 6.07) is 10.3. The van der Waals surface area contributed by atoms with Gasteiger partial charge in [0.2, 0.25) is 0 Å². The monoisotopic (exact) mass is 330 g/mol. The maximum atomic E-state index is 12.1. The molecule has 1 fully saturated rings. The van der Waals surface area contributed by atoms with E-state index in [0.29, 0.717) is 12.2 Å². The number of hydrogen-bond donors (Lipinski definition) is 2. The van der Waals surface area contributed by atoms with Crippen LogP contribution >= 0.6 is 11.3 Å². The molecular weight excluding hydrogens is 308 g/mol. The molecule has 1 aliphatic carbocycles. The van der Waals surface area contributed by atoms with Crippen LogP contribution in [0, 0.1) is 5.92 Å². The minimum Gasteiger partial charge on any atom is -0.393 e. The fourth-order valence-electron chi connectivity index (χ4n) is 3.00. The zero-order valence-corrected chi connectivity index (χ0v) is 13.9. The number of nitrogens with zero attached hydrogens (tertiary/aromatic N) is 1. The van der Waals surface area contributed by atoms with Gasteiger partial charge in [-0.05, 0) is 24.8 Å². The highest BCUT2D eigenvalue weighted by Crippen LogP contribution is 2.24. The second kappa shape index (κ2) is 7.70. The molecule has 23 heavy (non-hydrogen) atoms. The van der Waals surface area contributed by atoms with Gasteiger partial charge in [-0.15, -0.1) is 11.3 Å². The molecule has 122 valence electrons. The first kappa shape index (κ1) is 16.1. The average molecular weight is 330 g/mol. The molecule has 1 aromatic heterocycles. The zero-order valence-electron chi connectivity index (χ0n) is 13.1. The van der Waals surface area contributed by atoms with Crippen molar-refractivity contribution in [1.29, 1.82) is 0 Å². The lowest BCUT2D eigenvalue weighted by molar-refractivity contribution is 0.0912. The van der Waals surface area contributed by atoms with E-state index in [-0.39, 0.29) is 17.9 Å². The van der Waals surface area contributed by atoms with Crippen molar-refractivity contribution in [1.82, 2.24) is 10.3 Å². The first-order valence-electron chi connectivity index (χ1n) is 8.17. The number of rotatable bonds is 6. The summed E-state index contributed by atoms with van der Waals surface area (Å²) in [4.78, 5) is 16.6. The molecule has 0 spiro atoms. The quantitative estimate of drug-likeness (QED) is 0.856. The Labute approximate surface area is 140 Å². The number of thiazole rings is 1. The molecular formula is C18H22N2O2S. The number of nitrogens with one attached hydrogen (secondary N) is 1. The molecule has 4 nitrogen and oxygen atoms in total. The largest absolute Gasteiger partial charge is 0.393 e. The summed E-state index contributed by atoms with van der Waals surface area (Å²) in [5.74, 6) is 0.0569. The number of hydrogen-bond acceptors (Lipinski definition) is 4. The zero-order chi connectivity index (χ0) is 16.1. The first-order valence-corrected chi connectivity index (χ1v) is 9.05. The highest BCUT2D eigenvalue weighted by molar-refractivity contribution is 7.09. The van der Waals surface area contributed by atoms with E-state index in [9.17, 15) is 9.90 Å². The summed E-state index contributed by atoms with van der Waals surface area (Å²) < 4.78 is 0. The van der Waals surface area contributed by atoms with E-state index in [1.807, 2.05) is 23.6 Å². The summed E-state index contributed by atoms with van der Waals surface area (Å²) in [6.45, 7) is 0.539. The van der Waals surface area contributed by atoms with Crippen LogP contribution < -0.4 is 5.32 Å². The van der Waals surface area contributed by atoms with E-state index in [2.05, 4.69) is 22.4 Å². The molecule has 2 N–H and O–H groups in total. The molecule has 0 radical (unpaired) electrons. The second-order valence-electron chi connectivity index (χ2n) is 6.08. The number of aliphatic hydroxyl groups excluding tert-OH is 1. The van der Waals surface area contributed by atoms with Crippen LogP contribution in [-0.4, -0.2) is 28.6 Å². The van der Waals surface area contributed by atoms with Crippen molar-refractivity contribution >= 4 is 17.2 Å². The van der Waals surface area contributed by atoms with Gasteiger partial charge in [-0.3, -0.25) is 4.79 Å². The normalized spacial score (nSPS) is 20.6. The molecule has 0 aliphatic heterocycles. The number of amides is 1. The molecule has 2 aromatic rings. The second-order valence-corrected chi connectivity index (χ2v) is 7.02. The molecule has 1 aliphatic rings. The van der Waals surface area contributed by atoms with Crippen LogP contribution in [0.15, 0.2) is 35.7 Å². The molecule has 5 heteroatoms. The molecule has 2 atom stereocenters. The van der Waals surface area contributed by atoms with Crippen LogP contribution in [-0.2, 0) is 12.8 Å². The van der Waals surface area contributed by atoms with Crippen LogP contribution in [0.5, 0.6) is 0 Å². The van der Waals surface area contributed by atoms with Crippen LogP contribution in [0.4, 0.5) is 0 Å². The Hall–Kier alpha value is -1.72. The van der Waals surface area contributed by atoms with Crippen molar-refractivity contribution in [3.8, 4) is 0 Å². The third kappa shape index (κ3) is 4.39. The van der Waals surface area contributed by atoms with E-state index in [1.165, 1.54) is 16.9 Å². The Bertz CT molecular complexity index is 641. The molecule has 1 saturated carbocycles. The summed E-state index contributed by atoms with van der Waals surface area (Å²) in [5.41, 5.74) is 1.77. The molecule has 1 heterocycles. The van der Waals surface area contributed by atoms with Gasteiger partial charge in [-0.2, -0.15) is 0 Å². The molecule has 3 rings (SSSR count). The summed E-state index contributed by atoms with van der Waals surface area (Å²) in [6.07, 6.45) is 4.39. The topological polar surface area (TPSA) is 62.2 Å². The Morgan fingerprint density at radius 2 is 2.09 bits per heavy atom. The smallest absolute Gasteiger partial charge is 0.270 e. The highest BCUT2D eigenvalue weighted by atomic mass is 32.1. The van der Waals surface area contributed by atoms with Gasteiger partial charge in [0.25, 0.3) is 5.91 Å². The van der Waals surface area contributed by atoms with Crippen molar-refractivity contribution in [2.75, 3.05) is 6.54 Å². The van der Waals surface area contributed by atoms with E-state index in [4.69, 9.17) is 0 Å². The van der Waals surface area contributed by atoms with Crippen molar-refractivity contribution in [2.45, 2.75) is 38.2 Å². The molecule has 1 amide bonds. The summed E-state index contributed by atoms with van der Waals surface area (Å²) in [7, 11) is 0. The van der Waals surface area contributed by atoms with Gasteiger partial charge in [0.05, 0.1) is 11.1 Å². The number of carbonyl (C=O) groups is 1. The predicted octanol–water partition coefficient (Wildman–Crippen LogP) is 2.82. The highest BCUT2D eigenvalue weighted by Gasteiger charge is 2.25. The van der Waals surface area contributed by atoms with Crippen LogP contribution in [0.1, 0.15) is 40.3 Å². The first-order chi connectivity index (χ1) is 11.2. The van der Waals surface area contributed by atoms with Gasteiger partial charge in [0.1, 0.15) is 5.69 Å². The van der Waals surface area contributed by atoms with Gasteiger partial charge in [0.15, 0.2) is 0 Å². The van der Waals surface area contributed by atoms with E-state index < -0.39 is 0 Å². The van der Waals surface area contributed by atoms with Gasteiger partial charge < -0.3 is 10.4 Å². The van der Waals surface area contributed by atoms with E-state index in [1.54, 1.807) is 0 Å². The fourth-order valence-corrected chi connectivity index (χ4v) is 3.77. The molecule has 1 aromatic carbocycles. The standard InChI is InChI=1S/C18H22N2O2S/c21-16-8-4-7-14(16)11-19-18(22)15-12-23-17(20-15)10-9-13-5-2-1-3-6-13/h1-3,5-6,12,14,16,21H,4,7-11H2,(H,19,22). The number of aryl methyl sites for hydroxylation is 2. The molecule has 0 bridgehead atoms. The van der Waals surface area contributed by atoms with Gasteiger partial charge in [-0.1, -0.05) is 36.8 Å². The van der Waals surface area contributed by atoms with E-state index in [0.717, 1.165) is 37.1 Å². The minimum absolute atomic E-state index is 0.133. The van der Waals surface area contributed by atoms with Crippen LogP contribution in [0.25, 0.3) is 0 Å². The Kier molecular flexibility index (Phi) is 5.41. The molecule has 0 saturated heterocycles. The van der Waals surface area contributed by atoms with Gasteiger partial charge >= 0.3 is 0 Å².